The lowest BCUT2D eigenvalue weighted by molar-refractivity contribution is -0.0614. The molecule has 2 nitrogen and oxygen atoms in total. The molecule has 1 spiro atoms. The lowest BCUT2D eigenvalue weighted by atomic mass is 9.68. The van der Waals surface area contributed by atoms with E-state index in [9.17, 15) is 0 Å². The second-order valence-electron chi connectivity index (χ2n) is 5.00. The van der Waals surface area contributed by atoms with E-state index in [1.807, 2.05) is 0 Å². The van der Waals surface area contributed by atoms with Crippen molar-refractivity contribution in [1.82, 2.24) is 4.90 Å². The molecule has 0 bridgehead atoms. The van der Waals surface area contributed by atoms with E-state index < -0.39 is 0 Å². The zero-order valence-corrected chi connectivity index (χ0v) is 8.63. The summed E-state index contributed by atoms with van der Waals surface area (Å²) in [4.78, 5) is 2.42. The van der Waals surface area contributed by atoms with Crippen LogP contribution in [0.1, 0.15) is 39.0 Å². The molecule has 1 N–H and O–H groups in total. The van der Waals surface area contributed by atoms with E-state index in [1.165, 1.54) is 45.2 Å². The second kappa shape index (κ2) is 3.58. The standard InChI is InChI=1S/C11H21NO/c1-10(7-13)12-8-11(9-12)5-3-2-4-6-11/h10,13H,2-9H2,1H3. The molecule has 1 unspecified atom stereocenters. The Labute approximate surface area is 80.9 Å². The van der Waals surface area contributed by atoms with Gasteiger partial charge in [-0.05, 0) is 25.2 Å². The van der Waals surface area contributed by atoms with Crippen LogP contribution in [0, 0.1) is 5.41 Å². The molecule has 1 saturated carbocycles. The van der Waals surface area contributed by atoms with Crippen molar-refractivity contribution >= 4 is 0 Å². The van der Waals surface area contributed by atoms with Gasteiger partial charge in [-0.15, -0.1) is 0 Å². The Morgan fingerprint density at radius 2 is 1.85 bits per heavy atom. The number of likely N-dealkylation sites (tertiary alicyclic amines) is 1. The van der Waals surface area contributed by atoms with E-state index in [4.69, 9.17) is 5.11 Å². The Morgan fingerprint density at radius 1 is 1.23 bits per heavy atom. The predicted molar refractivity (Wildman–Crippen MR) is 53.6 cm³/mol. The van der Waals surface area contributed by atoms with E-state index in [0.29, 0.717) is 18.1 Å². The van der Waals surface area contributed by atoms with E-state index >= 15 is 0 Å². The van der Waals surface area contributed by atoms with Gasteiger partial charge in [0.25, 0.3) is 0 Å². The van der Waals surface area contributed by atoms with Gasteiger partial charge in [-0.1, -0.05) is 19.3 Å². The van der Waals surface area contributed by atoms with Crippen LogP contribution in [0.15, 0.2) is 0 Å². The average molecular weight is 183 g/mol. The Bertz CT molecular complexity index is 167. The molecular weight excluding hydrogens is 162 g/mol. The van der Waals surface area contributed by atoms with Crippen LogP contribution in [0.4, 0.5) is 0 Å². The molecule has 76 valence electrons. The molecule has 13 heavy (non-hydrogen) atoms. The normalized spacial score (nSPS) is 30.0. The highest BCUT2D eigenvalue weighted by Gasteiger charge is 2.44. The SMILES string of the molecule is CC(CO)N1CC2(CCCCC2)C1. The van der Waals surface area contributed by atoms with E-state index in [0.717, 1.165) is 0 Å². The summed E-state index contributed by atoms with van der Waals surface area (Å²) < 4.78 is 0. The van der Waals surface area contributed by atoms with E-state index in [2.05, 4.69) is 11.8 Å². The molecule has 1 aliphatic carbocycles. The fourth-order valence-corrected chi connectivity index (χ4v) is 2.86. The van der Waals surface area contributed by atoms with Gasteiger partial charge in [0.15, 0.2) is 0 Å². The number of aliphatic hydroxyl groups excluding tert-OH is 1. The number of aliphatic hydroxyl groups is 1. The summed E-state index contributed by atoms with van der Waals surface area (Å²) in [5, 5.41) is 9.02. The first-order chi connectivity index (χ1) is 6.26. The number of nitrogens with zero attached hydrogens (tertiary/aromatic N) is 1. The zero-order valence-electron chi connectivity index (χ0n) is 8.63. The van der Waals surface area contributed by atoms with Gasteiger partial charge in [-0.3, -0.25) is 4.90 Å². The van der Waals surface area contributed by atoms with Crippen LogP contribution >= 0.6 is 0 Å². The van der Waals surface area contributed by atoms with Crippen LogP contribution in [-0.2, 0) is 0 Å². The topological polar surface area (TPSA) is 23.5 Å². The van der Waals surface area contributed by atoms with Gasteiger partial charge in [-0.25, -0.2) is 0 Å². The third-order valence-electron chi connectivity index (χ3n) is 3.88. The monoisotopic (exact) mass is 183 g/mol. The summed E-state index contributed by atoms with van der Waals surface area (Å²) in [6, 6.07) is 0.382. The smallest absolute Gasteiger partial charge is 0.0584 e. The minimum atomic E-state index is 0.316. The Morgan fingerprint density at radius 3 is 2.38 bits per heavy atom. The van der Waals surface area contributed by atoms with Gasteiger partial charge in [-0.2, -0.15) is 0 Å². The Balaban J connectivity index is 1.81. The van der Waals surface area contributed by atoms with Crippen molar-refractivity contribution in [3.05, 3.63) is 0 Å². The van der Waals surface area contributed by atoms with Crippen molar-refractivity contribution in [2.24, 2.45) is 5.41 Å². The summed E-state index contributed by atoms with van der Waals surface area (Å²) in [6.45, 7) is 4.93. The summed E-state index contributed by atoms with van der Waals surface area (Å²) in [5.41, 5.74) is 0.668. The van der Waals surface area contributed by atoms with Gasteiger partial charge >= 0.3 is 0 Å². The summed E-state index contributed by atoms with van der Waals surface area (Å²) in [7, 11) is 0. The Hall–Kier alpha value is -0.0800. The zero-order chi connectivity index (χ0) is 9.31. The van der Waals surface area contributed by atoms with Crippen molar-refractivity contribution in [2.75, 3.05) is 19.7 Å². The quantitative estimate of drug-likeness (QED) is 0.703. The van der Waals surface area contributed by atoms with Crippen LogP contribution in [0.3, 0.4) is 0 Å². The van der Waals surface area contributed by atoms with Crippen molar-refractivity contribution < 1.29 is 5.11 Å². The van der Waals surface area contributed by atoms with Crippen LogP contribution in [0.5, 0.6) is 0 Å². The van der Waals surface area contributed by atoms with E-state index in [1.54, 1.807) is 0 Å². The maximum atomic E-state index is 9.02. The highest BCUT2D eigenvalue weighted by atomic mass is 16.3. The highest BCUT2D eigenvalue weighted by molar-refractivity contribution is 4.97. The number of rotatable bonds is 2. The minimum absolute atomic E-state index is 0.316. The fraction of sp³-hybridized carbons (Fsp3) is 1.00. The average Bonchev–Trinajstić information content (AvgIpc) is 2.14. The number of hydrogen-bond donors (Lipinski definition) is 1. The molecule has 2 rings (SSSR count). The summed E-state index contributed by atoms with van der Waals surface area (Å²) in [6.07, 6.45) is 7.17. The van der Waals surface area contributed by atoms with E-state index in [-0.39, 0.29) is 0 Å². The summed E-state index contributed by atoms with van der Waals surface area (Å²) >= 11 is 0. The van der Waals surface area contributed by atoms with Gasteiger partial charge in [0.2, 0.25) is 0 Å². The second-order valence-corrected chi connectivity index (χ2v) is 5.00. The maximum absolute atomic E-state index is 9.02. The number of hydrogen-bond acceptors (Lipinski definition) is 2. The molecule has 2 aliphatic rings. The molecule has 0 aromatic heterocycles. The van der Waals surface area contributed by atoms with Crippen molar-refractivity contribution in [3.8, 4) is 0 Å². The molecule has 2 heteroatoms. The molecule has 1 aliphatic heterocycles. The highest BCUT2D eigenvalue weighted by Crippen LogP contribution is 2.44. The predicted octanol–water partition coefficient (Wildman–Crippen LogP) is 1.63. The molecule has 1 atom stereocenters. The first-order valence-electron chi connectivity index (χ1n) is 5.61. The molecule has 2 fully saturated rings. The summed E-state index contributed by atoms with van der Waals surface area (Å²) in [5.74, 6) is 0. The van der Waals surface area contributed by atoms with Crippen LogP contribution in [0.2, 0.25) is 0 Å². The third-order valence-corrected chi connectivity index (χ3v) is 3.88. The molecule has 0 aromatic rings. The van der Waals surface area contributed by atoms with Crippen molar-refractivity contribution in [3.63, 3.8) is 0 Å². The largest absolute Gasteiger partial charge is 0.395 e. The van der Waals surface area contributed by atoms with Crippen molar-refractivity contribution in [1.29, 1.82) is 0 Å². The van der Waals surface area contributed by atoms with Crippen LogP contribution < -0.4 is 0 Å². The van der Waals surface area contributed by atoms with Crippen LogP contribution in [-0.4, -0.2) is 35.7 Å². The lowest BCUT2D eigenvalue weighted by Crippen LogP contribution is -2.60. The van der Waals surface area contributed by atoms with Gasteiger partial charge in [0, 0.05) is 19.1 Å². The van der Waals surface area contributed by atoms with Crippen molar-refractivity contribution in [2.45, 2.75) is 45.1 Å². The van der Waals surface area contributed by atoms with Gasteiger partial charge in [0.1, 0.15) is 0 Å². The molecule has 0 amide bonds. The Kier molecular flexibility index (Phi) is 2.61. The molecule has 1 saturated heterocycles. The third kappa shape index (κ3) is 1.75. The fourth-order valence-electron chi connectivity index (χ4n) is 2.86. The first kappa shape index (κ1) is 9.47. The van der Waals surface area contributed by atoms with Gasteiger partial charge < -0.3 is 5.11 Å². The minimum Gasteiger partial charge on any atom is -0.395 e. The molecular formula is C11H21NO. The molecule has 1 heterocycles. The van der Waals surface area contributed by atoms with Crippen LogP contribution in [0.25, 0.3) is 0 Å². The first-order valence-corrected chi connectivity index (χ1v) is 5.61. The molecule has 0 radical (unpaired) electrons. The lowest BCUT2D eigenvalue weighted by Gasteiger charge is -2.54. The van der Waals surface area contributed by atoms with Gasteiger partial charge in [0.05, 0.1) is 6.61 Å². The maximum Gasteiger partial charge on any atom is 0.0584 e. The molecule has 0 aromatic carbocycles.